The summed E-state index contributed by atoms with van der Waals surface area (Å²) in [6.07, 6.45) is 6.15. The maximum Gasteiger partial charge on any atom is 0.224 e. The molecule has 0 radical (unpaired) electrons. The Hall–Kier alpha value is -1.64. The van der Waals surface area contributed by atoms with Gasteiger partial charge in [0, 0.05) is 12.0 Å². The molecule has 0 aliphatic rings. The van der Waals surface area contributed by atoms with Crippen LogP contribution < -0.4 is 5.32 Å². The van der Waals surface area contributed by atoms with Crippen LogP contribution in [-0.4, -0.2) is 11.7 Å². The highest BCUT2D eigenvalue weighted by molar-refractivity contribution is 6.03. The van der Waals surface area contributed by atoms with Gasteiger partial charge in [0.15, 0.2) is 5.78 Å². The first kappa shape index (κ1) is 15.4. The van der Waals surface area contributed by atoms with E-state index in [9.17, 15) is 9.59 Å². The second-order valence-corrected chi connectivity index (χ2v) is 4.81. The van der Waals surface area contributed by atoms with E-state index in [-0.39, 0.29) is 11.7 Å². The number of anilines is 1. The molecule has 0 aliphatic carbocycles. The fourth-order valence-corrected chi connectivity index (χ4v) is 2.00. The molecule has 0 aromatic heterocycles. The van der Waals surface area contributed by atoms with Crippen LogP contribution in [0.15, 0.2) is 24.3 Å². The predicted molar refractivity (Wildman–Crippen MR) is 78.5 cm³/mol. The van der Waals surface area contributed by atoms with Gasteiger partial charge in [-0.3, -0.25) is 9.59 Å². The number of amides is 1. The topological polar surface area (TPSA) is 46.2 Å². The van der Waals surface area contributed by atoms with Gasteiger partial charge in [-0.1, -0.05) is 44.7 Å². The number of unbranched alkanes of at least 4 members (excludes halogenated alkanes) is 4. The lowest BCUT2D eigenvalue weighted by molar-refractivity contribution is -0.116. The van der Waals surface area contributed by atoms with Crippen LogP contribution in [-0.2, 0) is 4.79 Å². The first-order chi connectivity index (χ1) is 9.15. The molecule has 0 heterocycles. The smallest absolute Gasteiger partial charge is 0.224 e. The number of benzene rings is 1. The number of rotatable bonds is 8. The summed E-state index contributed by atoms with van der Waals surface area (Å²) in [5.74, 6) is -0.0379. The van der Waals surface area contributed by atoms with Gasteiger partial charge < -0.3 is 5.32 Å². The molecule has 19 heavy (non-hydrogen) atoms. The minimum Gasteiger partial charge on any atom is -0.325 e. The summed E-state index contributed by atoms with van der Waals surface area (Å²) in [6, 6.07) is 7.13. The first-order valence-corrected chi connectivity index (χ1v) is 7.05. The molecule has 0 bridgehead atoms. The van der Waals surface area contributed by atoms with Crippen LogP contribution in [0.25, 0.3) is 0 Å². The lowest BCUT2D eigenvalue weighted by atomic mass is 10.1. The third-order valence-electron chi connectivity index (χ3n) is 3.09. The zero-order chi connectivity index (χ0) is 14.1. The van der Waals surface area contributed by atoms with Gasteiger partial charge in [-0.15, -0.1) is 0 Å². The molecule has 1 aromatic carbocycles. The number of para-hydroxylation sites is 1. The van der Waals surface area contributed by atoms with E-state index in [2.05, 4.69) is 12.2 Å². The van der Waals surface area contributed by atoms with E-state index in [1.54, 1.807) is 18.2 Å². The van der Waals surface area contributed by atoms with E-state index in [4.69, 9.17) is 0 Å². The van der Waals surface area contributed by atoms with Gasteiger partial charge >= 0.3 is 0 Å². The van der Waals surface area contributed by atoms with Crippen molar-refractivity contribution < 1.29 is 9.59 Å². The van der Waals surface area contributed by atoms with Crippen molar-refractivity contribution in [2.75, 3.05) is 5.32 Å². The monoisotopic (exact) mass is 261 g/mol. The average molecular weight is 261 g/mol. The molecular formula is C16H23NO2. The summed E-state index contributed by atoms with van der Waals surface area (Å²) >= 11 is 0. The summed E-state index contributed by atoms with van der Waals surface area (Å²) < 4.78 is 0. The number of hydrogen-bond donors (Lipinski definition) is 1. The SMILES string of the molecule is CCCCCCCC(=O)Nc1ccccc1C(C)=O. The molecule has 3 heteroatoms. The molecule has 0 fully saturated rings. The van der Waals surface area contributed by atoms with E-state index < -0.39 is 0 Å². The van der Waals surface area contributed by atoms with Crippen molar-refractivity contribution in [1.82, 2.24) is 0 Å². The number of carbonyl (C=O) groups excluding carboxylic acids is 2. The minimum absolute atomic E-state index is 0.00908. The van der Waals surface area contributed by atoms with Crippen molar-refractivity contribution in [3.05, 3.63) is 29.8 Å². The van der Waals surface area contributed by atoms with Crippen LogP contribution in [0.4, 0.5) is 5.69 Å². The number of nitrogens with one attached hydrogen (secondary N) is 1. The highest BCUT2D eigenvalue weighted by Gasteiger charge is 2.09. The normalized spacial score (nSPS) is 10.2. The second-order valence-electron chi connectivity index (χ2n) is 4.81. The lowest BCUT2D eigenvalue weighted by Crippen LogP contribution is -2.13. The number of carbonyl (C=O) groups is 2. The van der Waals surface area contributed by atoms with Gasteiger partial charge in [-0.2, -0.15) is 0 Å². The second kappa shape index (κ2) is 8.46. The summed E-state index contributed by atoms with van der Waals surface area (Å²) in [5.41, 5.74) is 1.19. The minimum atomic E-state index is -0.0288. The maximum atomic E-state index is 11.8. The van der Waals surface area contributed by atoms with Crippen LogP contribution in [0.3, 0.4) is 0 Å². The van der Waals surface area contributed by atoms with Gasteiger partial charge in [-0.05, 0) is 25.5 Å². The Bertz CT molecular complexity index is 427. The van der Waals surface area contributed by atoms with Gasteiger partial charge in [-0.25, -0.2) is 0 Å². The van der Waals surface area contributed by atoms with Crippen LogP contribution in [0.2, 0.25) is 0 Å². The van der Waals surface area contributed by atoms with Crippen LogP contribution in [0, 0.1) is 0 Å². The van der Waals surface area contributed by atoms with Gasteiger partial charge in [0.2, 0.25) is 5.91 Å². The van der Waals surface area contributed by atoms with Crippen LogP contribution >= 0.6 is 0 Å². The third kappa shape index (κ3) is 5.69. The zero-order valence-corrected chi connectivity index (χ0v) is 11.9. The van der Waals surface area contributed by atoms with E-state index in [0.29, 0.717) is 17.7 Å². The third-order valence-corrected chi connectivity index (χ3v) is 3.09. The summed E-state index contributed by atoms with van der Waals surface area (Å²) in [7, 11) is 0. The summed E-state index contributed by atoms with van der Waals surface area (Å²) in [5, 5.41) is 2.82. The molecule has 1 rings (SSSR count). The zero-order valence-electron chi connectivity index (χ0n) is 11.9. The van der Waals surface area contributed by atoms with Gasteiger partial charge in [0.1, 0.15) is 0 Å². The Morgan fingerprint density at radius 1 is 1.05 bits per heavy atom. The first-order valence-electron chi connectivity index (χ1n) is 7.05. The molecule has 104 valence electrons. The largest absolute Gasteiger partial charge is 0.325 e. The lowest BCUT2D eigenvalue weighted by Gasteiger charge is -2.08. The molecule has 0 atom stereocenters. The van der Waals surface area contributed by atoms with E-state index in [1.807, 2.05) is 6.07 Å². The van der Waals surface area contributed by atoms with E-state index >= 15 is 0 Å². The van der Waals surface area contributed by atoms with Gasteiger partial charge in [0.05, 0.1) is 5.69 Å². The van der Waals surface area contributed by atoms with Crippen molar-refractivity contribution >= 4 is 17.4 Å². The molecule has 0 saturated heterocycles. The number of ketones is 1. The Labute approximate surface area is 115 Å². The fourth-order valence-electron chi connectivity index (χ4n) is 2.00. The van der Waals surface area contributed by atoms with Crippen molar-refractivity contribution in [3.8, 4) is 0 Å². The van der Waals surface area contributed by atoms with Crippen molar-refractivity contribution in [3.63, 3.8) is 0 Å². The molecule has 1 N–H and O–H groups in total. The Morgan fingerprint density at radius 3 is 2.42 bits per heavy atom. The average Bonchev–Trinajstić information content (AvgIpc) is 2.39. The molecule has 1 amide bonds. The number of Topliss-reactive ketones (excluding diaryl/α,β-unsaturated/α-hetero) is 1. The summed E-state index contributed by atoms with van der Waals surface area (Å²) in [6.45, 7) is 3.68. The number of hydrogen-bond acceptors (Lipinski definition) is 2. The summed E-state index contributed by atoms with van der Waals surface area (Å²) in [4.78, 5) is 23.2. The van der Waals surface area contributed by atoms with E-state index in [1.165, 1.54) is 26.2 Å². The Morgan fingerprint density at radius 2 is 1.74 bits per heavy atom. The fraction of sp³-hybridized carbons (Fsp3) is 0.500. The molecule has 0 saturated carbocycles. The highest BCUT2D eigenvalue weighted by Crippen LogP contribution is 2.16. The Balaban J connectivity index is 2.42. The Kier molecular flexibility index (Phi) is 6.86. The standard InChI is InChI=1S/C16H23NO2/c1-3-4-5-6-7-12-16(19)17-15-11-9-8-10-14(15)13(2)18/h8-11H,3-7,12H2,1-2H3,(H,17,19). The predicted octanol–water partition coefficient (Wildman–Crippen LogP) is 4.19. The van der Waals surface area contributed by atoms with E-state index in [0.717, 1.165) is 12.8 Å². The molecule has 0 spiro atoms. The van der Waals surface area contributed by atoms with Crippen LogP contribution in [0.5, 0.6) is 0 Å². The van der Waals surface area contributed by atoms with Crippen molar-refractivity contribution in [1.29, 1.82) is 0 Å². The highest BCUT2D eigenvalue weighted by atomic mass is 16.1. The maximum absolute atomic E-state index is 11.8. The molecule has 0 unspecified atom stereocenters. The van der Waals surface area contributed by atoms with Crippen molar-refractivity contribution in [2.24, 2.45) is 0 Å². The molecule has 0 aliphatic heterocycles. The molecule has 1 aromatic rings. The van der Waals surface area contributed by atoms with Crippen LogP contribution in [0.1, 0.15) is 62.7 Å². The molecular weight excluding hydrogens is 238 g/mol. The quantitative estimate of drug-likeness (QED) is 0.563. The van der Waals surface area contributed by atoms with Crippen molar-refractivity contribution in [2.45, 2.75) is 52.4 Å². The molecule has 3 nitrogen and oxygen atoms in total. The van der Waals surface area contributed by atoms with Gasteiger partial charge in [0.25, 0.3) is 0 Å².